The van der Waals surface area contributed by atoms with Crippen molar-refractivity contribution in [3.05, 3.63) is 71.8 Å². The molecule has 4 rings (SSSR count). The van der Waals surface area contributed by atoms with Crippen LogP contribution in [0.15, 0.2) is 65.6 Å². The number of rotatable bonds is 11. The second kappa shape index (κ2) is 13.2. The van der Waals surface area contributed by atoms with E-state index in [2.05, 4.69) is 23.9 Å². The molecule has 0 unspecified atom stereocenters. The van der Waals surface area contributed by atoms with E-state index in [-0.39, 0.29) is 10.8 Å². The summed E-state index contributed by atoms with van der Waals surface area (Å²) in [7, 11) is 0.620. The van der Waals surface area contributed by atoms with Gasteiger partial charge in [0.2, 0.25) is 0 Å². The molecule has 10 heteroatoms. The average molecular weight is 582 g/mol. The normalized spacial score (nSPS) is 17.0. The number of carbonyl (C=O) groups excluding carboxylic acids is 1. The fraction of sp³-hybridized carbons (Fsp3) is 0.387. The first-order valence-electron chi connectivity index (χ1n) is 13.7. The molecule has 1 heterocycles. The van der Waals surface area contributed by atoms with Gasteiger partial charge in [-0.05, 0) is 72.7 Å². The van der Waals surface area contributed by atoms with Crippen molar-refractivity contribution in [1.29, 1.82) is 0 Å². The molecule has 0 aromatic heterocycles. The van der Waals surface area contributed by atoms with Crippen LogP contribution in [0.1, 0.15) is 36.2 Å². The number of hydrogen-bond acceptors (Lipinski definition) is 7. The van der Waals surface area contributed by atoms with Crippen molar-refractivity contribution in [3.63, 3.8) is 0 Å². The van der Waals surface area contributed by atoms with Crippen LogP contribution in [-0.4, -0.2) is 60.2 Å². The third-order valence-corrected chi connectivity index (χ3v) is 8.59. The van der Waals surface area contributed by atoms with E-state index in [9.17, 15) is 13.2 Å². The van der Waals surface area contributed by atoms with Crippen LogP contribution in [-0.2, 0) is 16.4 Å². The van der Waals surface area contributed by atoms with E-state index in [1.807, 2.05) is 23.1 Å². The average Bonchev–Trinajstić information content (AvgIpc) is 2.96. The molecule has 2 N–H and O–H groups in total. The lowest BCUT2D eigenvalue weighted by atomic mass is 9.91. The Balaban J connectivity index is 1.62. The van der Waals surface area contributed by atoms with Crippen molar-refractivity contribution in [3.8, 4) is 17.2 Å². The van der Waals surface area contributed by atoms with Gasteiger partial charge in [0.25, 0.3) is 15.9 Å². The van der Waals surface area contributed by atoms with Gasteiger partial charge in [0, 0.05) is 31.3 Å². The van der Waals surface area contributed by atoms with Crippen LogP contribution in [0.25, 0.3) is 0 Å². The fourth-order valence-electron chi connectivity index (χ4n) is 5.31. The van der Waals surface area contributed by atoms with E-state index in [1.54, 1.807) is 50.6 Å². The van der Waals surface area contributed by atoms with Gasteiger partial charge in [-0.25, -0.2) is 8.42 Å². The number of piperidine rings is 1. The van der Waals surface area contributed by atoms with Crippen LogP contribution < -0.4 is 24.2 Å². The Kier molecular flexibility index (Phi) is 9.65. The number of nitrogens with zero attached hydrogens (tertiary/aromatic N) is 1. The molecule has 1 saturated heterocycles. The number of carbonyl (C=O) groups is 1. The number of anilines is 2. The van der Waals surface area contributed by atoms with Crippen molar-refractivity contribution >= 4 is 27.3 Å². The molecule has 220 valence electrons. The highest BCUT2D eigenvalue weighted by molar-refractivity contribution is 7.92. The van der Waals surface area contributed by atoms with Crippen LogP contribution in [0.3, 0.4) is 0 Å². The molecule has 3 aromatic rings. The standard InChI is InChI=1S/C31H39N3O6S/c1-21-15-22(2)20-34(19-21)31(35)24-10-11-27(32-14-13-23-9-12-28(39-4)29(16-23)40-5)30(17-24)41(36,37)33-25-7-6-8-26(18-25)38-3/h6-12,16-18,21-22,32-33H,13-15,19-20H2,1-5H3/t21-,22-/m1/s1. The second-order valence-electron chi connectivity index (χ2n) is 10.6. The van der Waals surface area contributed by atoms with Gasteiger partial charge in [0.1, 0.15) is 10.6 Å². The predicted octanol–water partition coefficient (Wildman–Crippen LogP) is 5.29. The Bertz CT molecular complexity index is 1470. The minimum absolute atomic E-state index is 0.00316. The number of nitrogens with one attached hydrogen (secondary N) is 2. The summed E-state index contributed by atoms with van der Waals surface area (Å²) in [5, 5.41) is 3.26. The van der Waals surface area contributed by atoms with E-state index in [1.165, 1.54) is 13.2 Å². The smallest absolute Gasteiger partial charge is 0.263 e. The zero-order valence-electron chi connectivity index (χ0n) is 24.3. The minimum atomic E-state index is -4.07. The molecule has 0 bridgehead atoms. The maximum atomic E-state index is 13.7. The summed E-state index contributed by atoms with van der Waals surface area (Å²) in [5.41, 5.74) is 2.09. The molecule has 1 amide bonds. The second-order valence-corrected chi connectivity index (χ2v) is 12.2. The number of likely N-dealkylation sites (tertiary alicyclic amines) is 1. The number of benzene rings is 3. The van der Waals surface area contributed by atoms with E-state index in [0.717, 1.165) is 12.0 Å². The summed E-state index contributed by atoms with van der Waals surface area (Å²) in [6.45, 7) is 6.02. The maximum absolute atomic E-state index is 13.7. The molecule has 41 heavy (non-hydrogen) atoms. The first-order chi connectivity index (χ1) is 19.6. The van der Waals surface area contributed by atoms with Gasteiger partial charge in [0.15, 0.2) is 11.5 Å². The van der Waals surface area contributed by atoms with Gasteiger partial charge < -0.3 is 24.4 Å². The number of amides is 1. The molecule has 3 aromatic carbocycles. The van der Waals surface area contributed by atoms with Crippen molar-refractivity contribution < 1.29 is 27.4 Å². The first-order valence-corrected chi connectivity index (χ1v) is 15.2. The fourth-order valence-corrected chi connectivity index (χ4v) is 6.57. The Morgan fingerprint density at radius 3 is 2.32 bits per heavy atom. The minimum Gasteiger partial charge on any atom is -0.497 e. The molecule has 1 fully saturated rings. The first kappa shape index (κ1) is 30.0. The van der Waals surface area contributed by atoms with Gasteiger partial charge in [0.05, 0.1) is 32.7 Å². The predicted molar refractivity (Wildman–Crippen MR) is 161 cm³/mol. The molecule has 2 atom stereocenters. The molecule has 1 aliphatic heterocycles. The van der Waals surface area contributed by atoms with Crippen LogP contribution in [0.4, 0.5) is 11.4 Å². The highest BCUT2D eigenvalue weighted by Crippen LogP contribution is 2.30. The van der Waals surface area contributed by atoms with Crippen LogP contribution in [0, 0.1) is 11.8 Å². The Hall–Kier alpha value is -3.92. The molecule has 0 saturated carbocycles. The van der Waals surface area contributed by atoms with Crippen molar-refractivity contribution in [1.82, 2.24) is 4.90 Å². The van der Waals surface area contributed by atoms with E-state index < -0.39 is 10.0 Å². The lowest BCUT2D eigenvalue weighted by Crippen LogP contribution is -2.42. The summed E-state index contributed by atoms with van der Waals surface area (Å²) in [6, 6.07) is 17.2. The molecule has 1 aliphatic rings. The number of methoxy groups -OCH3 is 3. The Morgan fingerprint density at radius 2 is 1.63 bits per heavy atom. The molecule has 0 spiro atoms. The SMILES string of the molecule is COc1cccc(NS(=O)(=O)c2cc(C(=O)N3C[C@H](C)C[C@@H](C)C3)ccc2NCCc2ccc(OC)c(OC)c2)c1. The monoisotopic (exact) mass is 581 g/mol. The zero-order chi connectivity index (χ0) is 29.6. The summed E-state index contributed by atoms with van der Waals surface area (Å²) in [6.07, 6.45) is 1.67. The number of sulfonamides is 1. The van der Waals surface area contributed by atoms with E-state index >= 15 is 0 Å². The van der Waals surface area contributed by atoms with E-state index in [0.29, 0.717) is 72.1 Å². The van der Waals surface area contributed by atoms with Gasteiger partial charge in [-0.1, -0.05) is 26.0 Å². The number of hydrogen-bond donors (Lipinski definition) is 2. The molecular weight excluding hydrogens is 542 g/mol. The van der Waals surface area contributed by atoms with Gasteiger partial charge in [-0.15, -0.1) is 0 Å². The van der Waals surface area contributed by atoms with Crippen molar-refractivity contribution in [2.75, 3.05) is 51.0 Å². The molecule has 0 aliphatic carbocycles. The highest BCUT2D eigenvalue weighted by atomic mass is 32.2. The summed E-state index contributed by atoms with van der Waals surface area (Å²) < 4.78 is 46.0. The Morgan fingerprint density at radius 1 is 0.902 bits per heavy atom. The summed E-state index contributed by atoms with van der Waals surface area (Å²) in [5.74, 6) is 2.39. The third-order valence-electron chi connectivity index (χ3n) is 7.17. The lowest BCUT2D eigenvalue weighted by Gasteiger charge is -2.35. The molecule has 0 radical (unpaired) electrons. The molecule has 9 nitrogen and oxygen atoms in total. The van der Waals surface area contributed by atoms with Crippen LogP contribution in [0.5, 0.6) is 17.2 Å². The quantitative estimate of drug-likeness (QED) is 0.317. The summed E-state index contributed by atoms with van der Waals surface area (Å²) >= 11 is 0. The van der Waals surface area contributed by atoms with Crippen molar-refractivity contribution in [2.24, 2.45) is 11.8 Å². The van der Waals surface area contributed by atoms with Gasteiger partial charge >= 0.3 is 0 Å². The maximum Gasteiger partial charge on any atom is 0.263 e. The summed E-state index contributed by atoms with van der Waals surface area (Å²) in [4.78, 5) is 15.3. The van der Waals surface area contributed by atoms with Crippen LogP contribution >= 0.6 is 0 Å². The highest BCUT2D eigenvalue weighted by Gasteiger charge is 2.28. The van der Waals surface area contributed by atoms with Crippen molar-refractivity contribution in [2.45, 2.75) is 31.6 Å². The van der Waals surface area contributed by atoms with Crippen LogP contribution in [0.2, 0.25) is 0 Å². The lowest BCUT2D eigenvalue weighted by molar-refractivity contribution is 0.0623. The third kappa shape index (κ3) is 7.43. The Labute approximate surface area is 242 Å². The van der Waals surface area contributed by atoms with E-state index in [4.69, 9.17) is 14.2 Å². The molecular formula is C31H39N3O6S. The number of ether oxygens (including phenoxy) is 3. The topological polar surface area (TPSA) is 106 Å². The van der Waals surface area contributed by atoms with Gasteiger partial charge in [-0.2, -0.15) is 0 Å². The van der Waals surface area contributed by atoms with Gasteiger partial charge in [-0.3, -0.25) is 9.52 Å². The largest absolute Gasteiger partial charge is 0.497 e. The zero-order valence-corrected chi connectivity index (χ0v) is 25.1.